The van der Waals surface area contributed by atoms with Gasteiger partial charge in [-0.3, -0.25) is 4.79 Å². The Morgan fingerprint density at radius 3 is 1.42 bits per heavy atom. The van der Waals surface area contributed by atoms with Crippen molar-refractivity contribution in [1.29, 1.82) is 0 Å². The van der Waals surface area contributed by atoms with Crippen molar-refractivity contribution in [3.8, 4) is 0 Å². The van der Waals surface area contributed by atoms with Gasteiger partial charge in [-0.2, -0.15) is 0 Å². The molecule has 0 aromatic rings. The summed E-state index contributed by atoms with van der Waals surface area (Å²) in [5.74, 6) is -0.771. The van der Waals surface area contributed by atoms with Crippen LogP contribution in [0.25, 0.3) is 0 Å². The molecule has 0 unspecified atom stereocenters. The van der Waals surface area contributed by atoms with E-state index in [-0.39, 0.29) is 6.42 Å². The molecule has 0 spiro atoms. The van der Waals surface area contributed by atoms with E-state index in [0.29, 0.717) is 0 Å². The molecule has 0 aliphatic rings. The summed E-state index contributed by atoms with van der Waals surface area (Å²) < 4.78 is 0. The van der Waals surface area contributed by atoms with Crippen LogP contribution in [0.5, 0.6) is 0 Å². The Kier molecular flexibility index (Phi) is 21.1. The van der Waals surface area contributed by atoms with E-state index in [0.717, 1.165) is 6.42 Å². The highest BCUT2D eigenvalue weighted by Crippen LogP contribution is 2.14. The van der Waals surface area contributed by atoms with Crippen molar-refractivity contribution >= 4 is 5.97 Å². The van der Waals surface area contributed by atoms with Crippen molar-refractivity contribution in [2.75, 3.05) is 0 Å². The topological polar surface area (TPSA) is 37.3 Å². The summed E-state index contributed by atoms with van der Waals surface area (Å²) >= 11 is 0. The van der Waals surface area contributed by atoms with Crippen molar-refractivity contribution in [3.63, 3.8) is 0 Å². The Hall–Kier alpha value is -1.05. The lowest BCUT2D eigenvalue weighted by atomic mass is 10.0. The first-order valence-electron chi connectivity index (χ1n) is 11.3. The predicted octanol–water partition coefficient (Wildman–Crippen LogP) is 8.23. The van der Waals surface area contributed by atoms with Crippen molar-refractivity contribution in [3.05, 3.63) is 24.3 Å². The highest BCUT2D eigenvalue weighted by Gasteiger charge is 1.94. The van der Waals surface area contributed by atoms with Gasteiger partial charge in [-0.25, -0.2) is 0 Å². The molecule has 0 saturated heterocycles. The first-order chi connectivity index (χ1) is 12.8. The van der Waals surface area contributed by atoms with E-state index in [1.807, 2.05) is 12.2 Å². The first-order valence-corrected chi connectivity index (χ1v) is 11.3. The number of aliphatic carboxylic acids is 1. The maximum atomic E-state index is 10.3. The molecule has 2 heteroatoms. The zero-order valence-corrected chi connectivity index (χ0v) is 17.4. The molecular formula is C24H44O2. The van der Waals surface area contributed by atoms with E-state index in [1.54, 1.807) is 6.08 Å². The quantitative estimate of drug-likeness (QED) is 0.174. The van der Waals surface area contributed by atoms with Crippen LogP contribution >= 0.6 is 0 Å². The van der Waals surface area contributed by atoms with Gasteiger partial charge in [0.05, 0.1) is 6.42 Å². The lowest BCUT2D eigenvalue weighted by Gasteiger charge is -2.03. The zero-order chi connectivity index (χ0) is 19.1. The van der Waals surface area contributed by atoms with Gasteiger partial charge in [-0.1, -0.05) is 128 Å². The molecule has 152 valence electrons. The third kappa shape index (κ3) is 22.9. The smallest absolute Gasteiger partial charge is 0.307 e. The SMILES string of the molecule is CCCCCCCCCCCCCCCCCCC=CC=CCC(=O)O. The molecule has 1 N–H and O–H groups in total. The summed E-state index contributed by atoms with van der Waals surface area (Å²) in [7, 11) is 0. The average Bonchev–Trinajstić information content (AvgIpc) is 2.62. The second kappa shape index (κ2) is 22.0. The summed E-state index contributed by atoms with van der Waals surface area (Å²) in [6, 6.07) is 0. The van der Waals surface area contributed by atoms with Crippen LogP contribution in [-0.4, -0.2) is 11.1 Å². The fourth-order valence-electron chi connectivity index (χ4n) is 3.23. The van der Waals surface area contributed by atoms with Crippen LogP contribution in [0.15, 0.2) is 24.3 Å². The number of hydrogen-bond acceptors (Lipinski definition) is 1. The predicted molar refractivity (Wildman–Crippen MR) is 115 cm³/mol. The third-order valence-electron chi connectivity index (χ3n) is 4.90. The minimum absolute atomic E-state index is 0.114. The van der Waals surface area contributed by atoms with Gasteiger partial charge < -0.3 is 5.11 Å². The summed E-state index contributed by atoms with van der Waals surface area (Å²) in [4.78, 5) is 10.3. The van der Waals surface area contributed by atoms with Crippen LogP contribution in [0.1, 0.15) is 122 Å². The second-order valence-corrected chi connectivity index (χ2v) is 7.55. The van der Waals surface area contributed by atoms with Gasteiger partial charge in [0.2, 0.25) is 0 Å². The number of carboxylic acid groups (broad SMARTS) is 1. The van der Waals surface area contributed by atoms with Gasteiger partial charge in [-0.05, 0) is 12.8 Å². The second-order valence-electron chi connectivity index (χ2n) is 7.55. The van der Waals surface area contributed by atoms with Gasteiger partial charge in [-0.15, -0.1) is 0 Å². The average molecular weight is 365 g/mol. The van der Waals surface area contributed by atoms with Crippen LogP contribution in [0.4, 0.5) is 0 Å². The fourth-order valence-corrected chi connectivity index (χ4v) is 3.23. The largest absolute Gasteiger partial charge is 0.481 e. The molecule has 26 heavy (non-hydrogen) atoms. The molecular weight excluding hydrogens is 320 g/mol. The van der Waals surface area contributed by atoms with Crippen LogP contribution in [0, 0.1) is 0 Å². The minimum Gasteiger partial charge on any atom is -0.481 e. The molecule has 0 bridgehead atoms. The molecule has 0 saturated carbocycles. The van der Waals surface area contributed by atoms with Crippen molar-refractivity contribution < 1.29 is 9.90 Å². The van der Waals surface area contributed by atoms with E-state index >= 15 is 0 Å². The summed E-state index contributed by atoms with van der Waals surface area (Å²) in [6.07, 6.45) is 31.3. The fraction of sp³-hybridized carbons (Fsp3) is 0.792. The number of carboxylic acids is 1. The molecule has 2 nitrogen and oxygen atoms in total. The normalized spacial score (nSPS) is 11.7. The van der Waals surface area contributed by atoms with Gasteiger partial charge in [0.25, 0.3) is 0 Å². The third-order valence-corrected chi connectivity index (χ3v) is 4.90. The maximum Gasteiger partial charge on any atom is 0.307 e. The van der Waals surface area contributed by atoms with E-state index in [9.17, 15) is 4.79 Å². The zero-order valence-electron chi connectivity index (χ0n) is 17.4. The van der Waals surface area contributed by atoms with Crippen molar-refractivity contribution in [1.82, 2.24) is 0 Å². The maximum absolute atomic E-state index is 10.3. The minimum atomic E-state index is -0.771. The monoisotopic (exact) mass is 364 g/mol. The number of hydrogen-bond donors (Lipinski definition) is 1. The van der Waals surface area contributed by atoms with Crippen LogP contribution < -0.4 is 0 Å². The Balaban J connectivity index is 3.10. The molecule has 0 rings (SSSR count). The molecule has 0 radical (unpaired) electrons. The van der Waals surface area contributed by atoms with Gasteiger partial charge in [0, 0.05) is 0 Å². The van der Waals surface area contributed by atoms with Gasteiger partial charge in [0.1, 0.15) is 0 Å². The lowest BCUT2D eigenvalue weighted by molar-refractivity contribution is -0.136. The number of unbranched alkanes of at least 4 members (excludes halogenated alkanes) is 16. The van der Waals surface area contributed by atoms with Gasteiger partial charge in [0.15, 0.2) is 0 Å². The van der Waals surface area contributed by atoms with E-state index < -0.39 is 5.97 Å². The Morgan fingerprint density at radius 2 is 1.00 bits per heavy atom. The molecule has 0 aliphatic carbocycles. The molecule has 0 aliphatic heterocycles. The lowest BCUT2D eigenvalue weighted by Crippen LogP contribution is -1.89. The molecule has 0 aromatic heterocycles. The van der Waals surface area contributed by atoms with Crippen LogP contribution in [-0.2, 0) is 4.79 Å². The van der Waals surface area contributed by atoms with Crippen molar-refractivity contribution in [2.45, 2.75) is 122 Å². The Labute approximate surface area is 163 Å². The van der Waals surface area contributed by atoms with Crippen LogP contribution in [0.3, 0.4) is 0 Å². The van der Waals surface area contributed by atoms with E-state index in [4.69, 9.17) is 5.11 Å². The Bertz CT molecular complexity index is 344. The molecule has 0 aromatic carbocycles. The summed E-state index contributed by atoms with van der Waals surface area (Å²) in [5, 5.41) is 8.50. The molecule has 0 fully saturated rings. The van der Waals surface area contributed by atoms with E-state index in [2.05, 4.69) is 13.0 Å². The summed E-state index contributed by atoms with van der Waals surface area (Å²) in [5.41, 5.74) is 0. The number of allylic oxidation sites excluding steroid dienone is 3. The van der Waals surface area contributed by atoms with Gasteiger partial charge >= 0.3 is 5.97 Å². The summed E-state index contributed by atoms with van der Waals surface area (Å²) in [6.45, 7) is 2.28. The number of rotatable bonds is 20. The number of carbonyl (C=O) groups is 1. The molecule has 0 heterocycles. The standard InChI is InChI=1S/C24H44O2/c1-2-3-4-5-6-7-8-9-10-11-12-13-14-15-16-17-18-19-20-21-22-23-24(25)26/h19-22H,2-18,23H2,1H3,(H,25,26). The van der Waals surface area contributed by atoms with Crippen molar-refractivity contribution in [2.24, 2.45) is 0 Å². The highest BCUT2D eigenvalue weighted by molar-refractivity contribution is 5.68. The van der Waals surface area contributed by atoms with E-state index in [1.165, 1.54) is 103 Å². The van der Waals surface area contributed by atoms with Crippen LogP contribution in [0.2, 0.25) is 0 Å². The molecule has 0 atom stereocenters. The first kappa shape index (κ1) is 24.9. The molecule has 0 amide bonds. The Morgan fingerprint density at radius 1 is 0.615 bits per heavy atom. The highest BCUT2D eigenvalue weighted by atomic mass is 16.4.